The highest BCUT2D eigenvalue weighted by Gasteiger charge is 2.32. The zero-order chi connectivity index (χ0) is 18.3. The molecule has 158 valence electrons. The third-order valence-corrected chi connectivity index (χ3v) is 0.531. The molecule has 0 bridgehead atoms. The molecule has 0 amide bonds. The summed E-state index contributed by atoms with van der Waals surface area (Å²) in [4.78, 5) is 0. The van der Waals surface area contributed by atoms with Crippen molar-refractivity contribution in [2.45, 2.75) is 41.1 Å². The minimum absolute atomic E-state index is 0. The van der Waals surface area contributed by atoms with Crippen LogP contribution in [0.2, 0.25) is 0 Å². The third-order valence-electron chi connectivity index (χ3n) is 0.531. The van der Waals surface area contributed by atoms with Gasteiger partial charge in [-0.25, -0.2) is 8.78 Å². The van der Waals surface area contributed by atoms with Crippen LogP contribution in [0.1, 0.15) is 22.3 Å². The lowest BCUT2D eigenvalue weighted by atomic mass is 10.6. The minimum atomic E-state index is -5.50. The summed E-state index contributed by atoms with van der Waals surface area (Å²) >= 11 is 0. The Labute approximate surface area is 131 Å². The van der Waals surface area contributed by atoms with Gasteiger partial charge in [-0.3, -0.25) is 4.39 Å². The van der Waals surface area contributed by atoms with E-state index in [1.165, 1.54) is 0 Å². The number of hydrogen-bond acceptors (Lipinski definition) is 1. The second-order valence-electron chi connectivity index (χ2n) is 2.25. The van der Waals surface area contributed by atoms with E-state index in [2.05, 4.69) is 4.74 Å². The van der Waals surface area contributed by atoms with Gasteiger partial charge in [0.15, 0.2) is 0 Å². The Balaban J connectivity index is -0.0000000381. The molecule has 0 aliphatic heterocycles. The quantitative estimate of drug-likeness (QED) is 0.451. The second-order valence-corrected chi connectivity index (χ2v) is 2.25. The van der Waals surface area contributed by atoms with Crippen LogP contribution >= 0.6 is 0 Å². The van der Waals surface area contributed by atoms with Gasteiger partial charge in [0.25, 0.3) is 0 Å². The third kappa shape index (κ3) is 170. The van der Waals surface area contributed by atoms with Gasteiger partial charge in [0, 0.05) is 0 Å². The fourth-order valence-corrected chi connectivity index (χ4v) is 0.282. The molecule has 0 saturated heterocycles. The molecule has 14 heteroatoms. The highest BCUT2D eigenvalue weighted by atomic mass is 19.5. The van der Waals surface area contributed by atoms with E-state index in [4.69, 9.17) is 0 Å². The number of rotatable bonds is 2. The Kier molecular flexibility index (Phi) is 40.0. The van der Waals surface area contributed by atoms with Gasteiger partial charge in [-0.05, 0) is 0 Å². The monoisotopic (exact) mass is 404 g/mol. The number of halogens is 13. The van der Waals surface area contributed by atoms with Gasteiger partial charge in [0.05, 0.1) is 7.18 Å². The molecular weight excluding hydrogens is 383 g/mol. The lowest BCUT2D eigenvalue weighted by Gasteiger charge is -2.09. The van der Waals surface area contributed by atoms with E-state index in [0.717, 1.165) is 0 Å². The highest BCUT2D eigenvalue weighted by molar-refractivity contribution is 4.49. The van der Waals surface area contributed by atoms with Crippen LogP contribution in [0.15, 0.2) is 0 Å². The van der Waals surface area contributed by atoms with Crippen LogP contribution in [0.4, 0.5) is 57.1 Å². The van der Waals surface area contributed by atoms with Gasteiger partial charge < -0.3 is 4.74 Å². The smallest absolute Gasteiger partial charge is 0.363 e. The molecule has 0 unspecified atom stereocenters. The Morgan fingerprint density at radius 1 is 0.583 bits per heavy atom. The first-order chi connectivity index (χ1) is 9.12. The van der Waals surface area contributed by atoms with Crippen LogP contribution in [0.5, 0.6) is 0 Å². The molecule has 0 radical (unpaired) electrons. The molecule has 0 saturated carbocycles. The van der Waals surface area contributed by atoms with E-state index in [1.54, 1.807) is 0 Å². The molecule has 0 heterocycles. The average Bonchev–Trinajstić information content (AvgIpc) is 2.14. The molecule has 0 aromatic heterocycles. The molecule has 0 rings (SSSR count). The van der Waals surface area contributed by atoms with Gasteiger partial charge >= 0.3 is 18.8 Å². The molecule has 0 aromatic rings. The van der Waals surface area contributed by atoms with Crippen molar-refractivity contribution in [2.75, 3.05) is 27.3 Å². The minimum Gasteiger partial charge on any atom is -0.363 e. The maximum atomic E-state index is 11.1. The van der Waals surface area contributed by atoms with E-state index in [1.807, 2.05) is 0 Å². The molecule has 1 nitrogen and oxygen atoms in total. The summed E-state index contributed by atoms with van der Waals surface area (Å²) in [6.07, 6.45) is -14.9. The summed E-state index contributed by atoms with van der Waals surface area (Å²) in [5, 5.41) is 0. The molecule has 0 aliphatic carbocycles. The number of hydrogen-bond donors (Lipinski definition) is 0. The Bertz CT molecular complexity index is 176. The largest absolute Gasteiger partial charge is 0.559 e. The van der Waals surface area contributed by atoms with Crippen LogP contribution in [0.25, 0.3) is 0 Å². The molecule has 0 aromatic carbocycles. The van der Waals surface area contributed by atoms with Gasteiger partial charge in [0.2, 0.25) is 6.93 Å². The fourth-order valence-electron chi connectivity index (χ4n) is 0.282. The van der Waals surface area contributed by atoms with Crippen LogP contribution in [-0.2, 0) is 4.74 Å². The Hall–Kier alpha value is -0.950. The van der Waals surface area contributed by atoms with Gasteiger partial charge in [-0.2, -0.15) is 26.3 Å². The summed E-state index contributed by atoms with van der Waals surface area (Å²) in [7, 11) is 0.500. The van der Waals surface area contributed by atoms with Gasteiger partial charge in [0.1, 0.15) is 13.2 Å². The second kappa shape index (κ2) is 22.1. The normalized spacial score (nSPS) is 9.75. The summed E-state index contributed by atoms with van der Waals surface area (Å²) in [6.45, 7) is -5.49. The zero-order valence-corrected chi connectivity index (χ0v) is 9.94. The molecular formula is C10H21F13O. The maximum Gasteiger partial charge on any atom is 0.559 e. The van der Waals surface area contributed by atoms with E-state index >= 15 is 0 Å². The fraction of sp³-hybridized carbons (Fsp3) is 1.00. The van der Waals surface area contributed by atoms with Crippen molar-refractivity contribution in [3.63, 3.8) is 0 Å². The number of ether oxygens (including phenoxy) is 1. The van der Waals surface area contributed by atoms with Crippen molar-refractivity contribution in [2.24, 2.45) is 0 Å². The lowest BCUT2D eigenvalue weighted by molar-refractivity contribution is -0.237. The predicted octanol–water partition coefficient (Wildman–Crippen LogP) is 6.98. The predicted molar refractivity (Wildman–Crippen MR) is 64.4 cm³/mol. The molecule has 0 N–H and O–H groups in total. The molecule has 0 spiro atoms. The summed E-state index contributed by atoms with van der Waals surface area (Å²) < 4.78 is 138. The van der Waals surface area contributed by atoms with E-state index in [-0.39, 0.29) is 22.3 Å². The topological polar surface area (TPSA) is 9.23 Å². The van der Waals surface area contributed by atoms with Crippen LogP contribution in [0.3, 0.4) is 0 Å². The first kappa shape index (κ1) is 43.5. The Morgan fingerprint density at radius 3 is 0.792 bits per heavy atom. The average molecular weight is 404 g/mol. The Morgan fingerprint density at radius 2 is 0.708 bits per heavy atom. The van der Waals surface area contributed by atoms with E-state index in [9.17, 15) is 57.1 Å². The first-order valence-electron chi connectivity index (χ1n) is 4.09. The van der Waals surface area contributed by atoms with E-state index in [0.29, 0.717) is 7.18 Å². The lowest BCUT2D eigenvalue weighted by Crippen LogP contribution is -2.23. The molecule has 24 heavy (non-hydrogen) atoms. The maximum absolute atomic E-state index is 11.1. The summed E-state index contributed by atoms with van der Waals surface area (Å²) in [6, 6.07) is 0. The van der Waals surface area contributed by atoms with Crippen LogP contribution in [0, 0.1) is 0 Å². The van der Waals surface area contributed by atoms with Crippen molar-refractivity contribution in [3.8, 4) is 0 Å². The first-order valence-corrected chi connectivity index (χ1v) is 4.09. The van der Waals surface area contributed by atoms with Crippen molar-refractivity contribution in [1.82, 2.24) is 0 Å². The molecule has 0 aliphatic rings. The van der Waals surface area contributed by atoms with E-state index < -0.39 is 38.9 Å². The van der Waals surface area contributed by atoms with Gasteiger partial charge in [-0.1, -0.05) is 22.3 Å². The van der Waals surface area contributed by atoms with Crippen LogP contribution < -0.4 is 0 Å². The van der Waals surface area contributed by atoms with Crippen molar-refractivity contribution < 1.29 is 61.8 Å². The standard InChI is InChI=1S/C4H4F6O.CF4.CH2F2.CH3F.3CH4/c5-3(6,7)1-11-2-4(8,9)10;2-1(3,4)5;2-1-3;1-2;;;/h1-2H2;;1H2;1H3;3*1H4. The van der Waals surface area contributed by atoms with Crippen molar-refractivity contribution in [1.29, 1.82) is 0 Å². The molecule has 0 atom stereocenters. The number of alkyl halides is 13. The highest BCUT2D eigenvalue weighted by Crippen LogP contribution is 2.18. The summed E-state index contributed by atoms with van der Waals surface area (Å²) in [5.41, 5.74) is 0. The zero-order valence-electron chi connectivity index (χ0n) is 9.94. The van der Waals surface area contributed by atoms with Gasteiger partial charge in [-0.15, -0.1) is 17.6 Å². The van der Waals surface area contributed by atoms with Crippen molar-refractivity contribution >= 4 is 0 Å². The van der Waals surface area contributed by atoms with Crippen LogP contribution in [-0.4, -0.2) is 46.1 Å². The summed E-state index contributed by atoms with van der Waals surface area (Å²) in [5.74, 6) is 0. The molecule has 0 fully saturated rings. The van der Waals surface area contributed by atoms with Crippen molar-refractivity contribution in [3.05, 3.63) is 0 Å². The SMILES string of the molecule is C.C.C.CF.FC(F)(F)COCC(F)(F)F.FC(F)(F)F.FCF.